The van der Waals surface area contributed by atoms with E-state index in [1.54, 1.807) is 16.9 Å². The SMILES string of the molecule is N#Cc1cnn(C2CCN(S(=O)(=O)c3ccc4c(c3)OCCO4)C2)c1. The van der Waals surface area contributed by atoms with Crippen LogP contribution in [0.5, 0.6) is 11.5 Å². The average molecular weight is 360 g/mol. The molecule has 2 aliphatic heterocycles. The largest absolute Gasteiger partial charge is 0.486 e. The van der Waals surface area contributed by atoms with E-state index < -0.39 is 10.0 Å². The highest BCUT2D eigenvalue weighted by Crippen LogP contribution is 2.34. The minimum atomic E-state index is -3.62. The third-order valence-corrected chi connectivity index (χ3v) is 6.24. The highest BCUT2D eigenvalue weighted by atomic mass is 32.2. The number of hydrogen-bond donors (Lipinski definition) is 0. The number of benzene rings is 1. The molecule has 1 fully saturated rings. The molecule has 0 amide bonds. The van der Waals surface area contributed by atoms with Gasteiger partial charge in [-0.15, -0.1) is 0 Å². The number of rotatable bonds is 3. The monoisotopic (exact) mass is 360 g/mol. The van der Waals surface area contributed by atoms with Crippen LogP contribution in [0.3, 0.4) is 0 Å². The molecule has 130 valence electrons. The molecule has 0 spiro atoms. The Labute approximate surface area is 145 Å². The predicted molar refractivity (Wildman–Crippen MR) is 86.8 cm³/mol. The van der Waals surface area contributed by atoms with Gasteiger partial charge in [0.15, 0.2) is 11.5 Å². The lowest BCUT2D eigenvalue weighted by molar-refractivity contribution is 0.171. The fourth-order valence-corrected chi connectivity index (χ4v) is 4.58. The van der Waals surface area contributed by atoms with Crippen molar-refractivity contribution in [2.45, 2.75) is 17.4 Å². The second kappa shape index (κ2) is 6.06. The summed E-state index contributed by atoms with van der Waals surface area (Å²) in [5, 5.41) is 13.0. The molecule has 1 aromatic carbocycles. The van der Waals surface area contributed by atoms with Crippen molar-refractivity contribution < 1.29 is 17.9 Å². The van der Waals surface area contributed by atoms with Crippen LogP contribution in [0.25, 0.3) is 0 Å². The van der Waals surface area contributed by atoms with Crippen molar-refractivity contribution in [1.29, 1.82) is 5.26 Å². The first-order chi connectivity index (χ1) is 12.1. The van der Waals surface area contributed by atoms with Crippen LogP contribution < -0.4 is 9.47 Å². The maximum atomic E-state index is 12.9. The van der Waals surface area contributed by atoms with Gasteiger partial charge in [0, 0.05) is 25.4 Å². The summed E-state index contributed by atoms with van der Waals surface area (Å²) in [4.78, 5) is 0.190. The zero-order valence-corrected chi connectivity index (χ0v) is 14.1. The number of nitriles is 1. The number of hydrogen-bond acceptors (Lipinski definition) is 6. The Bertz CT molecular complexity index is 947. The zero-order chi connectivity index (χ0) is 17.4. The number of sulfonamides is 1. The second-order valence-corrected chi connectivity index (χ2v) is 7.87. The molecule has 1 atom stereocenters. The molecule has 1 aromatic heterocycles. The van der Waals surface area contributed by atoms with E-state index in [1.165, 1.54) is 22.6 Å². The van der Waals surface area contributed by atoms with Crippen LogP contribution in [0.1, 0.15) is 18.0 Å². The van der Waals surface area contributed by atoms with E-state index in [2.05, 4.69) is 5.10 Å². The van der Waals surface area contributed by atoms with Gasteiger partial charge in [0.25, 0.3) is 0 Å². The summed E-state index contributed by atoms with van der Waals surface area (Å²) >= 11 is 0. The first-order valence-electron chi connectivity index (χ1n) is 7.92. The number of ether oxygens (including phenoxy) is 2. The summed E-state index contributed by atoms with van der Waals surface area (Å²) in [6, 6.07) is 6.63. The topological polar surface area (TPSA) is 97.5 Å². The minimum Gasteiger partial charge on any atom is -0.486 e. The van der Waals surface area contributed by atoms with Crippen molar-refractivity contribution in [3.05, 3.63) is 36.2 Å². The molecular formula is C16H16N4O4S. The molecule has 4 rings (SSSR count). The van der Waals surface area contributed by atoms with Crippen molar-refractivity contribution in [3.8, 4) is 17.6 Å². The zero-order valence-electron chi connectivity index (χ0n) is 13.3. The third-order valence-electron chi connectivity index (χ3n) is 4.38. The highest BCUT2D eigenvalue weighted by Gasteiger charge is 2.34. The predicted octanol–water partition coefficient (Wildman–Crippen LogP) is 1.16. The molecule has 8 nitrogen and oxygen atoms in total. The second-order valence-electron chi connectivity index (χ2n) is 5.93. The van der Waals surface area contributed by atoms with Gasteiger partial charge in [-0.3, -0.25) is 4.68 Å². The molecule has 2 aromatic rings. The van der Waals surface area contributed by atoms with Crippen molar-refractivity contribution in [1.82, 2.24) is 14.1 Å². The summed E-state index contributed by atoms with van der Waals surface area (Å²) in [6.45, 7) is 1.59. The molecule has 2 aliphatic rings. The summed E-state index contributed by atoms with van der Waals surface area (Å²) in [5.74, 6) is 1.01. The Morgan fingerprint density at radius 1 is 1.24 bits per heavy atom. The smallest absolute Gasteiger partial charge is 0.243 e. The average Bonchev–Trinajstić information content (AvgIpc) is 3.30. The van der Waals surface area contributed by atoms with Gasteiger partial charge in [-0.25, -0.2) is 8.42 Å². The van der Waals surface area contributed by atoms with Gasteiger partial charge in [0.05, 0.1) is 22.7 Å². The van der Waals surface area contributed by atoms with Crippen LogP contribution >= 0.6 is 0 Å². The normalized spacial score (nSPS) is 20.4. The van der Waals surface area contributed by atoms with E-state index in [9.17, 15) is 8.42 Å². The maximum absolute atomic E-state index is 12.9. The van der Waals surface area contributed by atoms with E-state index in [-0.39, 0.29) is 10.9 Å². The lowest BCUT2D eigenvalue weighted by Crippen LogP contribution is -2.29. The number of fused-ring (bicyclic) bond motifs is 1. The highest BCUT2D eigenvalue weighted by molar-refractivity contribution is 7.89. The minimum absolute atomic E-state index is 0.0749. The van der Waals surface area contributed by atoms with Crippen molar-refractivity contribution in [3.63, 3.8) is 0 Å². The molecule has 0 saturated carbocycles. The lowest BCUT2D eigenvalue weighted by Gasteiger charge is -2.21. The molecule has 0 N–H and O–H groups in total. The van der Waals surface area contributed by atoms with Crippen LogP contribution in [0.2, 0.25) is 0 Å². The van der Waals surface area contributed by atoms with Crippen molar-refractivity contribution in [2.24, 2.45) is 0 Å². The van der Waals surface area contributed by atoms with Gasteiger partial charge < -0.3 is 9.47 Å². The molecule has 25 heavy (non-hydrogen) atoms. The van der Waals surface area contributed by atoms with Crippen LogP contribution in [-0.2, 0) is 10.0 Å². The Hall–Kier alpha value is -2.57. The van der Waals surface area contributed by atoms with E-state index in [0.29, 0.717) is 49.8 Å². The number of nitrogens with zero attached hydrogens (tertiary/aromatic N) is 4. The third kappa shape index (κ3) is 2.83. The summed E-state index contributed by atoms with van der Waals surface area (Å²) in [7, 11) is -3.62. The summed E-state index contributed by atoms with van der Waals surface area (Å²) in [5.41, 5.74) is 0.466. The molecule has 9 heteroatoms. The molecular weight excluding hydrogens is 344 g/mol. The van der Waals surface area contributed by atoms with Crippen LogP contribution in [0, 0.1) is 11.3 Å². The van der Waals surface area contributed by atoms with E-state index in [4.69, 9.17) is 14.7 Å². The standard InChI is InChI=1S/C16H16N4O4S/c17-8-12-9-18-20(10-12)13-3-4-19(11-13)25(21,22)14-1-2-15-16(7-14)24-6-5-23-15/h1-2,7,9-10,13H,3-6,11H2. The van der Waals surface area contributed by atoms with E-state index in [1.807, 2.05) is 6.07 Å². The molecule has 0 aliphatic carbocycles. The van der Waals surface area contributed by atoms with Crippen LogP contribution in [0.4, 0.5) is 0 Å². The van der Waals surface area contributed by atoms with Crippen molar-refractivity contribution >= 4 is 10.0 Å². The molecule has 1 saturated heterocycles. The molecule has 0 bridgehead atoms. The van der Waals surface area contributed by atoms with E-state index in [0.717, 1.165) is 0 Å². The van der Waals surface area contributed by atoms with Gasteiger partial charge in [-0.2, -0.15) is 14.7 Å². The first kappa shape index (κ1) is 15.9. The fourth-order valence-electron chi connectivity index (χ4n) is 3.07. The van der Waals surface area contributed by atoms with Crippen LogP contribution in [0.15, 0.2) is 35.5 Å². The van der Waals surface area contributed by atoms with Crippen LogP contribution in [-0.4, -0.2) is 48.8 Å². The molecule has 3 heterocycles. The Morgan fingerprint density at radius 3 is 2.80 bits per heavy atom. The molecule has 0 radical (unpaired) electrons. The molecule has 1 unspecified atom stereocenters. The van der Waals surface area contributed by atoms with Gasteiger partial charge in [-0.1, -0.05) is 0 Å². The fraction of sp³-hybridized carbons (Fsp3) is 0.375. The summed E-state index contributed by atoms with van der Waals surface area (Å²) in [6.07, 6.45) is 3.78. The number of aromatic nitrogens is 2. The Morgan fingerprint density at radius 2 is 2.04 bits per heavy atom. The van der Waals surface area contributed by atoms with Gasteiger partial charge in [0.1, 0.15) is 19.3 Å². The van der Waals surface area contributed by atoms with Gasteiger partial charge >= 0.3 is 0 Å². The Kier molecular flexibility index (Phi) is 3.86. The quantitative estimate of drug-likeness (QED) is 0.815. The summed E-state index contributed by atoms with van der Waals surface area (Å²) < 4.78 is 39.8. The van der Waals surface area contributed by atoms with E-state index >= 15 is 0 Å². The Balaban J connectivity index is 1.56. The van der Waals surface area contributed by atoms with Crippen molar-refractivity contribution in [2.75, 3.05) is 26.3 Å². The first-order valence-corrected chi connectivity index (χ1v) is 9.36. The van der Waals surface area contributed by atoms with Gasteiger partial charge in [-0.05, 0) is 18.6 Å². The van der Waals surface area contributed by atoms with Gasteiger partial charge in [0.2, 0.25) is 10.0 Å². The lowest BCUT2D eigenvalue weighted by atomic mass is 10.3. The maximum Gasteiger partial charge on any atom is 0.243 e.